The summed E-state index contributed by atoms with van der Waals surface area (Å²) in [7, 11) is 0. The van der Waals surface area contributed by atoms with Crippen LogP contribution in [0.5, 0.6) is 0 Å². The van der Waals surface area contributed by atoms with Gasteiger partial charge in [-0.25, -0.2) is 0 Å². The van der Waals surface area contributed by atoms with Crippen LogP contribution in [0.4, 0.5) is 0 Å². The summed E-state index contributed by atoms with van der Waals surface area (Å²) < 4.78 is 0. The molecule has 4 heteroatoms. The Morgan fingerprint density at radius 3 is 1.38 bits per heavy atom. The Kier molecular flexibility index (Phi) is 6.97. The van der Waals surface area contributed by atoms with Crippen LogP contribution in [0.3, 0.4) is 0 Å². The van der Waals surface area contributed by atoms with E-state index in [1.165, 1.54) is 77.0 Å². The predicted octanol–water partition coefficient (Wildman–Crippen LogP) is 5.41. The van der Waals surface area contributed by atoms with Gasteiger partial charge in [0.05, 0.1) is 12.2 Å². The van der Waals surface area contributed by atoms with Gasteiger partial charge in [0, 0.05) is 22.9 Å². The van der Waals surface area contributed by atoms with E-state index in [1.807, 2.05) is 0 Å². The third kappa shape index (κ3) is 3.84. The lowest BCUT2D eigenvalue weighted by Gasteiger charge is -2.41. The quantitative estimate of drug-likeness (QED) is 0.320. The topological polar surface area (TPSA) is 64.5 Å². The van der Waals surface area contributed by atoms with Gasteiger partial charge in [-0.15, -0.1) is 0 Å². The zero-order valence-corrected chi connectivity index (χ0v) is 22.7. The van der Waals surface area contributed by atoms with Crippen molar-refractivity contribution in [3.05, 3.63) is 0 Å². The SMILES string of the molecule is CC1(C)C2CCC1(CCCN[C@@H]1CCCC[C@H]1NCCCC13CCC(CC1O)C3(C)C)C(O)C2. The lowest BCUT2D eigenvalue weighted by molar-refractivity contribution is -0.0122. The maximum Gasteiger partial charge on any atom is 0.0604 e. The zero-order chi connectivity index (χ0) is 24.2. The van der Waals surface area contributed by atoms with Gasteiger partial charge in [-0.1, -0.05) is 40.5 Å². The van der Waals surface area contributed by atoms with E-state index in [4.69, 9.17) is 0 Å². The average molecular weight is 475 g/mol. The molecule has 6 unspecified atom stereocenters. The molecule has 4 bridgehead atoms. The first-order chi connectivity index (χ1) is 16.1. The Hall–Kier alpha value is -0.160. The van der Waals surface area contributed by atoms with Crippen LogP contribution in [0.2, 0.25) is 0 Å². The molecule has 196 valence electrons. The van der Waals surface area contributed by atoms with Gasteiger partial charge < -0.3 is 20.8 Å². The van der Waals surface area contributed by atoms with Gasteiger partial charge >= 0.3 is 0 Å². The fraction of sp³-hybridized carbons (Fsp3) is 1.00. The minimum Gasteiger partial charge on any atom is -0.393 e. The molecule has 4 N–H and O–H groups in total. The summed E-state index contributed by atoms with van der Waals surface area (Å²) >= 11 is 0. The normalized spacial score (nSPS) is 46.4. The second-order valence-electron chi connectivity index (χ2n) is 14.3. The molecule has 5 aliphatic carbocycles. The van der Waals surface area contributed by atoms with Crippen molar-refractivity contribution >= 4 is 0 Å². The van der Waals surface area contributed by atoms with E-state index in [-0.39, 0.29) is 23.0 Å². The molecule has 4 nitrogen and oxygen atoms in total. The Labute approximate surface area is 209 Å². The number of nitrogens with one attached hydrogen (secondary N) is 2. The molecule has 0 heterocycles. The highest BCUT2D eigenvalue weighted by Gasteiger charge is 2.64. The van der Waals surface area contributed by atoms with Crippen LogP contribution in [0.25, 0.3) is 0 Å². The molecule has 5 rings (SSSR count). The van der Waals surface area contributed by atoms with Crippen LogP contribution in [-0.4, -0.2) is 47.6 Å². The molecule has 34 heavy (non-hydrogen) atoms. The van der Waals surface area contributed by atoms with Gasteiger partial charge in [-0.05, 0) is 113 Å². The van der Waals surface area contributed by atoms with E-state index < -0.39 is 0 Å². The zero-order valence-electron chi connectivity index (χ0n) is 22.7. The van der Waals surface area contributed by atoms with Crippen LogP contribution in [0.15, 0.2) is 0 Å². The van der Waals surface area contributed by atoms with Crippen LogP contribution in [0, 0.1) is 33.5 Å². The Bertz CT molecular complexity index is 663. The minimum atomic E-state index is -0.0803. The maximum absolute atomic E-state index is 10.8. The molecular weight excluding hydrogens is 420 g/mol. The number of hydrogen-bond donors (Lipinski definition) is 4. The van der Waals surface area contributed by atoms with Crippen molar-refractivity contribution < 1.29 is 10.2 Å². The summed E-state index contributed by atoms with van der Waals surface area (Å²) in [5.41, 5.74) is 0.949. The van der Waals surface area contributed by atoms with Crippen molar-refractivity contribution in [1.29, 1.82) is 0 Å². The van der Waals surface area contributed by atoms with E-state index in [2.05, 4.69) is 38.3 Å². The summed E-state index contributed by atoms with van der Waals surface area (Å²) in [6.45, 7) is 11.9. The number of hydrogen-bond acceptors (Lipinski definition) is 4. The second-order valence-corrected chi connectivity index (χ2v) is 14.3. The Morgan fingerprint density at radius 2 is 1.06 bits per heavy atom. The van der Waals surface area contributed by atoms with Crippen LogP contribution >= 0.6 is 0 Å². The molecular formula is C30H54N2O2. The highest BCUT2D eigenvalue weighted by Crippen LogP contribution is 2.68. The molecule has 0 radical (unpaired) electrons. The molecule has 0 amide bonds. The van der Waals surface area contributed by atoms with Crippen molar-refractivity contribution in [3.8, 4) is 0 Å². The Balaban J connectivity index is 1.06. The van der Waals surface area contributed by atoms with E-state index in [0.29, 0.717) is 22.9 Å². The molecule has 5 saturated carbocycles. The van der Waals surface area contributed by atoms with Gasteiger partial charge in [-0.2, -0.15) is 0 Å². The summed E-state index contributed by atoms with van der Waals surface area (Å²) in [6.07, 6.45) is 17.0. The van der Waals surface area contributed by atoms with Crippen molar-refractivity contribution in [2.75, 3.05) is 13.1 Å². The second kappa shape index (κ2) is 9.30. The smallest absolute Gasteiger partial charge is 0.0604 e. The maximum atomic E-state index is 10.8. The fourth-order valence-corrected chi connectivity index (χ4v) is 10.3. The molecule has 0 saturated heterocycles. The number of aliphatic hydroxyl groups is 2. The third-order valence-electron chi connectivity index (χ3n) is 13.0. The first-order valence-corrected chi connectivity index (χ1v) is 15.0. The molecule has 5 aliphatic rings. The monoisotopic (exact) mass is 474 g/mol. The fourth-order valence-electron chi connectivity index (χ4n) is 10.3. The highest BCUT2D eigenvalue weighted by atomic mass is 16.3. The van der Waals surface area contributed by atoms with E-state index in [1.54, 1.807) is 0 Å². The molecule has 0 aromatic carbocycles. The molecule has 0 aromatic rings. The summed E-state index contributed by atoms with van der Waals surface area (Å²) in [5.74, 6) is 1.46. The molecule has 0 spiro atoms. The van der Waals surface area contributed by atoms with Crippen LogP contribution in [0.1, 0.15) is 118 Å². The van der Waals surface area contributed by atoms with Crippen molar-refractivity contribution in [1.82, 2.24) is 10.6 Å². The largest absolute Gasteiger partial charge is 0.393 e. The van der Waals surface area contributed by atoms with Gasteiger partial charge in [-0.3, -0.25) is 0 Å². The minimum absolute atomic E-state index is 0.0803. The molecule has 0 aromatic heterocycles. The number of aliphatic hydroxyl groups excluding tert-OH is 2. The van der Waals surface area contributed by atoms with Crippen LogP contribution < -0.4 is 10.6 Å². The van der Waals surface area contributed by atoms with Crippen molar-refractivity contribution in [2.45, 2.75) is 142 Å². The lowest BCUT2D eigenvalue weighted by Crippen LogP contribution is -2.50. The van der Waals surface area contributed by atoms with Gasteiger partial charge in [0.25, 0.3) is 0 Å². The molecule has 0 aliphatic heterocycles. The summed E-state index contributed by atoms with van der Waals surface area (Å²) in [4.78, 5) is 0. The van der Waals surface area contributed by atoms with Crippen LogP contribution in [-0.2, 0) is 0 Å². The standard InChI is InChI=1S/C30H54N2O2/c1-27(2)21-11-15-29(27,25(33)19-21)13-7-17-31-23-9-5-6-10-24(23)32-18-8-14-30-16-12-22(20-26(30)34)28(30,3)4/h21-26,31-34H,5-20H2,1-4H3/t21?,22?,23-,24-,25?,26?,29?,30?/m1/s1. The highest BCUT2D eigenvalue weighted by molar-refractivity contribution is 5.13. The van der Waals surface area contributed by atoms with Gasteiger partial charge in [0.2, 0.25) is 0 Å². The Morgan fingerprint density at radius 1 is 0.647 bits per heavy atom. The van der Waals surface area contributed by atoms with Gasteiger partial charge in [0.15, 0.2) is 0 Å². The first kappa shape index (κ1) is 25.5. The first-order valence-electron chi connectivity index (χ1n) is 15.0. The van der Waals surface area contributed by atoms with E-state index in [0.717, 1.165) is 37.8 Å². The third-order valence-corrected chi connectivity index (χ3v) is 13.0. The molecule has 8 atom stereocenters. The van der Waals surface area contributed by atoms with Gasteiger partial charge in [0.1, 0.15) is 0 Å². The van der Waals surface area contributed by atoms with Crippen molar-refractivity contribution in [2.24, 2.45) is 33.5 Å². The number of fused-ring (bicyclic) bond motifs is 4. The lowest BCUT2D eigenvalue weighted by atomic mass is 9.66. The number of rotatable bonds is 10. The summed E-state index contributed by atoms with van der Waals surface area (Å²) in [5, 5.41) is 29.5. The predicted molar refractivity (Wildman–Crippen MR) is 140 cm³/mol. The van der Waals surface area contributed by atoms with E-state index in [9.17, 15) is 10.2 Å². The molecule has 5 fully saturated rings. The average Bonchev–Trinajstić information content (AvgIpc) is 3.34. The van der Waals surface area contributed by atoms with Crippen molar-refractivity contribution in [3.63, 3.8) is 0 Å². The summed E-state index contributed by atoms with van der Waals surface area (Å²) in [6, 6.07) is 1.18. The van der Waals surface area contributed by atoms with E-state index >= 15 is 0 Å².